The first-order chi connectivity index (χ1) is 16.7. The van der Waals surface area contributed by atoms with Gasteiger partial charge >= 0.3 is 0 Å². The van der Waals surface area contributed by atoms with Crippen LogP contribution >= 0.6 is 0 Å². The molecule has 1 amide bonds. The van der Waals surface area contributed by atoms with Gasteiger partial charge in [0.15, 0.2) is 0 Å². The Hall–Kier alpha value is -4.00. The molecule has 0 bridgehead atoms. The van der Waals surface area contributed by atoms with Gasteiger partial charge in [-0.25, -0.2) is 4.98 Å². The molecule has 4 aromatic rings. The average molecular weight is 454 g/mol. The van der Waals surface area contributed by atoms with Crippen LogP contribution < -0.4 is 10.2 Å². The van der Waals surface area contributed by atoms with E-state index in [4.69, 9.17) is 4.52 Å². The predicted octanol–water partition coefficient (Wildman–Crippen LogP) is 4.64. The molecule has 172 valence electrons. The Bertz CT molecular complexity index is 1250. The van der Waals surface area contributed by atoms with E-state index in [0.29, 0.717) is 18.3 Å². The third-order valence-corrected chi connectivity index (χ3v) is 6.23. The molecular weight excluding hydrogens is 426 g/mol. The predicted molar refractivity (Wildman–Crippen MR) is 131 cm³/mol. The first-order valence-corrected chi connectivity index (χ1v) is 11.6. The van der Waals surface area contributed by atoms with E-state index >= 15 is 0 Å². The second kappa shape index (κ2) is 9.87. The highest BCUT2D eigenvalue weighted by molar-refractivity contribution is 5.79. The maximum atomic E-state index is 12.7. The maximum absolute atomic E-state index is 12.7. The van der Waals surface area contributed by atoms with Gasteiger partial charge in [0.2, 0.25) is 11.7 Å². The number of aromatic nitrogens is 3. The zero-order valence-corrected chi connectivity index (χ0v) is 19.1. The summed E-state index contributed by atoms with van der Waals surface area (Å²) in [6.07, 6.45) is 3.32. The molecular formula is C27H27N5O2. The molecule has 0 spiro atoms. The van der Waals surface area contributed by atoms with E-state index in [-0.39, 0.29) is 11.8 Å². The lowest BCUT2D eigenvalue weighted by Crippen LogP contribution is -2.40. The van der Waals surface area contributed by atoms with Crippen molar-refractivity contribution in [1.29, 1.82) is 0 Å². The third kappa shape index (κ3) is 4.83. The summed E-state index contributed by atoms with van der Waals surface area (Å²) >= 11 is 0. The zero-order chi connectivity index (χ0) is 23.3. The van der Waals surface area contributed by atoms with Crippen molar-refractivity contribution in [3.8, 4) is 22.8 Å². The van der Waals surface area contributed by atoms with E-state index in [9.17, 15) is 4.79 Å². The number of carbonyl (C=O) groups is 1. The van der Waals surface area contributed by atoms with Crippen LogP contribution in [0.25, 0.3) is 22.8 Å². The molecule has 1 aliphatic heterocycles. The van der Waals surface area contributed by atoms with Crippen molar-refractivity contribution in [2.24, 2.45) is 5.92 Å². The molecule has 1 N–H and O–H groups in total. The summed E-state index contributed by atoms with van der Waals surface area (Å²) in [4.78, 5) is 24.1. The lowest BCUT2D eigenvalue weighted by molar-refractivity contribution is -0.125. The highest BCUT2D eigenvalue weighted by Crippen LogP contribution is 2.31. The molecule has 3 heterocycles. The van der Waals surface area contributed by atoms with Gasteiger partial charge in [0.25, 0.3) is 5.89 Å². The van der Waals surface area contributed by atoms with E-state index in [0.717, 1.165) is 48.4 Å². The van der Waals surface area contributed by atoms with Gasteiger partial charge in [0, 0.05) is 37.3 Å². The van der Waals surface area contributed by atoms with E-state index < -0.39 is 0 Å². The van der Waals surface area contributed by atoms with Gasteiger partial charge in [0.05, 0.1) is 5.56 Å². The molecule has 34 heavy (non-hydrogen) atoms. The van der Waals surface area contributed by atoms with Crippen molar-refractivity contribution in [1.82, 2.24) is 20.4 Å². The average Bonchev–Trinajstić information content (AvgIpc) is 3.39. The molecule has 2 aromatic carbocycles. The number of carbonyl (C=O) groups excluding carboxylic acids is 1. The van der Waals surface area contributed by atoms with Crippen LogP contribution in [0.3, 0.4) is 0 Å². The number of nitrogens with zero attached hydrogens (tertiary/aromatic N) is 4. The number of aryl methyl sites for hydroxylation is 1. The van der Waals surface area contributed by atoms with Gasteiger partial charge < -0.3 is 14.7 Å². The highest BCUT2D eigenvalue weighted by Gasteiger charge is 2.27. The van der Waals surface area contributed by atoms with Gasteiger partial charge in [0.1, 0.15) is 5.82 Å². The minimum absolute atomic E-state index is 0.00180. The Morgan fingerprint density at radius 2 is 1.79 bits per heavy atom. The number of anilines is 1. The molecule has 0 atom stereocenters. The Balaban J connectivity index is 1.23. The van der Waals surface area contributed by atoms with Crippen molar-refractivity contribution >= 4 is 11.7 Å². The molecule has 5 rings (SSSR count). The fourth-order valence-corrected chi connectivity index (χ4v) is 4.25. The van der Waals surface area contributed by atoms with Crippen LogP contribution in [-0.4, -0.2) is 34.1 Å². The normalized spacial score (nSPS) is 14.2. The number of hydrogen-bond donors (Lipinski definition) is 1. The van der Waals surface area contributed by atoms with Crippen molar-refractivity contribution in [3.05, 3.63) is 84.1 Å². The molecule has 1 saturated heterocycles. The molecule has 1 aliphatic rings. The summed E-state index contributed by atoms with van der Waals surface area (Å²) < 4.78 is 5.59. The topological polar surface area (TPSA) is 84.2 Å². The van der Waals surface area contributed by atoms with Crippen molar-refractivity contribution in [2.45, 2.75) is 26.3 Å². The van der Waals surface area contributed by atoms with Crippen LogP contribution in [-0.2, 0) is 11.3 Å². The number of amides is 1. The quantitative estimate of drug-likeness (QED) is 0.458. The molecule has 1 fully saturated rings. The number of pyridine rings is 1. The van der Waals surface area contributed by atoms with Crippen LogP contribution in [0.2, 0.25) is 0 Å². The number of nitrogens with one attached hydrogen (secondary N) is 1. The maximum Gasteiger partial charge on any atom is 0.261 e. The summed E-state index contributed by atoms with van der Waals surface area (Å²) in [6, 6.07) is 21.8. The van der Waals surface area contributed by atoms with Gasteiger partial charge in [-0.15, -0.1) is 0 Å². The van der Waals surface area contributed by atoms with Crippen molar-refractivity contribution < 1.29 is 9.32 Å². The van der Waals surface area contributed by atoms with Crippen LogP contribution in [0.1, 0.15) is 24.0 Å². The van der Waals surface area contributed by atoms with Crippen LogP contribution in [0.5, 0.6) is 0 Å². The van der Waals surface area contributed by atoms with Crippen LogP contribution in [0, 0.1) is 12.8 Å². The van der Waals surface area contributed by atoms with Crippen molar-refractivity contribution in [2.75, 3.05) is 18.0 Å². The molecule has 0 saturated carbocycles. The smallest absolute Gasteiger partial charge is 0.261 e. The van der Waals surface area contributed by atoms with E-state index in [1.165, 1.54) is 5.56 Å². The fourth-order valence-electron chi connectivity index (χ4n) is 4.25. The lowest BCUT2D eigenvalue weighted by Gasteiger charge is -2.32. The van der Waals surface area contributed by atoms with E-state index in [1.54, 1.807) is 6.20 Å². The SMILES string of the molecule is Cc1ccc(CNC(=O)C2CCN(c3ncccc3-c3nc(-c4ccccc4)no3)CC2)cc1. The molecule has 7 nitrogen and oxygen atoms in total. The molecule has 0 radical (unpaired) electrons. The Kier molecular flexibility index (Phi) is 6.33. The summed E-state index contributed by atoms with van der Waals surface area (Å²) in [6.45, 7) is 4.10. The first-order valence-electron chi connectivity index (χ1n) is 11.6. The summed E-state index contributed by atoms with van der Waals surface area (Å²) in [7, 11) is 0. The molecule has 7 heteroatoms. The Morgan fingerprint density at radius 3 is 2.56 bits per heavy atom. The van der Waals surface area contributed by atoms with Crippen LogP contribution in [0.4, 0.5) is 5.82 Å². The second-order valence-electron chi connectivity index (χ2n) is 8.63. The fraction of sp³-hybridized carbons (Fsp3) is 0.259. The summed E-state index contributed by atoms with van der Waals surface area (Å²) in [5, 5.41) is 7.24. The minimum Gasteiger partial charge on any atom is -0.356 e. The monoisotopic (exact) mass is 453 g/mol. The van der Waals surface area contributed by atoms with Gasteiger partial charge in [-0.3, -0.25) is 4.79 Å². The first kappa shape index (κ1) is 21.8. The van der Waals surface area contributed by atoms with Gasteiger partial charge in [-0.05, 0) is 37.5 Å². The highest BCUT2D eigenvalue weighted by atomic mass is 16.5. The number of rotatable bonds is 6. The summed E-state index contributed by atoms with van der Waals surface area (Å²) in [5.74, 6) is 1.92. The Morgan fingerprint density at radius 1 is 1.03 bits per heavy atom. The number of piperidine rings is 1. The van der Waals surface area contributed by atoms with E-state index in [2.05, 4.69) is 56.5 Å². The summed E-state index contributed by atoms with van der Waals surface area (Å²) in [5.41, 5.74) is 4.04. The van der Waals surface area contributed by atoms with Crippen LogP contribution in [0.15, 0.2) is 77.4 Å². The Labute approximate surface area is 198 Å². The number of benzene rings is 2. The van der Waals surface area contributed by atoms with Gasteiger partial charge in [-0.1, -0.05) is 65.3 Å². The van der Waals surface area contributed by atoms with E-state index in [1.807, 2.05) is 42.5 Å². The molecule has 0 unspecified atom stereocenters. The number of hydrogen-bond acceptors (Lipinski definition) is 6. The minimum atomic E-state index is 0.00180. The van der Waals surface area contributed by atoms with Crippen molar-refractivity contribution in [3.63, 3.8) is 0 Å². The van der Waals surface area contributed by atoms with Gasteiger partial charge in [-0.2, -0.15) is 4.98 Å². The second-order valence-corrected chi connectivity index (χ2v) is 8.63. The zero-order valence-electron chi connectivity index (χ0n) is 19.1. The molecule has 0 aliphatic carbocycles. The lowest BCUT2D eigenvalue weighted by atomic mass is 9.95. The third-order valence-electron chi connectivity index (χ3n) is 6.23. The standard InChI is InChI=1S/C27H27N5O2/c1-19-9-11-20(12-10-19)18-29-26(33)22-13-16-32(17-14-22)25-23(8-5-15-28-25)27-30-24(31-34-27)21-6-3-2-4-7-21/h2-12,15,22H,13-14,16-18H2,1H3,(H,29,33). The largest absolute Gasteiger partial charge is 0.356 e. The molecule has 2 aromatic heterocycles.